The average molecular weight is 311 g/mol. The van der Waals surface area contributed by atoms with Gasteiger partial charge in [-0.2, -0.15) is 0 Å². The van der Waals surface area contributed by atoms with Crippen molar-refractivity contribution in [1.82, 2.24) is 9.88 Å². The molecule has 1 aromatic carbocycles. The minimum atomic E-state index is -3.95. The van der Waals surface area contributed by atoms with Gasteiger partial charge in [0.25, 0.3) is 5.69 Å². The number of benzene rings is 1. The first-order valence-electron chi connectivity index (χ1n) is 6.05. The standard InChI is InChI=1S/C12H13N3O5S/c1-9-8-10(20-14-9)6-7-13-21(18,19)12-5-3-2-4-11(12)15(16)17/h2-5,8,13H,6-7H2,1H3. The van der Waals surface area contributed by atoms with E-state index in [1.807, 2.05) is 0 Å². The first-order valence-corrected chi connectivity index (χ1v) is 7.54. The van der Waals surface area contributed by atoms with Crippen LogP contribution in [0.25, 0.3) is 0 Å². The molecular formula is C12H13N3O5S. The number of para-hydroxylation sites is 1. The molecule has 0 spiro atoms. The van der Waals surface area contributed by atoms with E-state index < -0.39 is 20.6 Å². The fourth-order valence-electron chi connectivity index (χ4n) is 1.76. The molecule has 1 heterocycles. The molecule has 9 heteroatoms. The van der Waals surface area contributed by atoms with Gasteiger partial charge in [-0.1, -0.05) is 17.3 Å². The van der Waals surface area contributed by atoms with E-state index in [1.165, 1.54) is 18.2 Å². The number of nitro groups is 1. The highest BCUT2D eigenvalue weighted by atomic mass is 32.2. The van der Waals surface area contributed by atoms with Crippen LogP contribution in [0.15, 0.2) is 39.8 Å². The molecule has 0 fully saturated rings. The maximum atomic E-state index is 12.1. The van der Waals surface area contributed by atoms with Gasteiger partial charge in [0, 0.05) is 25.1 Å². The summed E-state index contributed by atoms with van der Waals surface area (Å²) in [6, 6.07) is 6.88. The van der Waals surface area contributed by atoms with Crippen LogP contribution in [0, 0.1) is 17.0 Å². The molecule has 0 atom stereocenters. The zero-order valence-corrected chi connectivity index (χ0v) is 12.0. The summed E-state index contributed by atoms with van der Waals surface area (Å²) >= 11 is 0. The summed E-state index contributed by atoms with van der Waals surface area (Å²) in [5.41, 5.74) is 0.243. The van der Waals surface area contributed by atoms with E-state index in [0.29, 0.717) is 17.9 Å². The predicted octanol–water partition coefficient (Wildman–Crippen LogP) is 1.41. The fourth-order valence-corrected chi connectivity index (χ4v) is 2.96. The fraction of sp³-hybridized carbons (Fsp3) is 0.250. The van der Waals surface area contributed by atoms with Crippen molar-refractivity contribution in [1.29, 1.82) is 0 Å². The Morgan fingerprint density at radius 1 is 1.38 bits per heavy atom. The highest BCUT2D eigenvalue weighted by Crippen LogP contribution is 2.22. The molecule has 0 unspecified atom stereocenters. The second kappa shape index (κ2) is 6.02. The zero-order valence-electron chi connectivity index (χ0n) is 11.1. The largest absolute Gasteiger partial charge is 0.361 e. The van der Waals surface area contributed by atoms with Crippen LogP contribution in [0.2, 0.25) is 0 Å². The molecule has 0 aliphatic carbocycles. The summed E-state index contributed by atoms with van der Waals surface area (Å²) in [7, 11) is -3.95. The molecule has 0 amide bonds. The molecule has 0 aliphatic heterocycles. The lowest BCUT2D eigenvalue weighted by atomic mass is 10.3. The Hall–Kier alpha value is -2.26. The Bertz CT molecular complexity index is 754. The first-order chi connectivity index (χ1) is 9.90. The van der Waals surface area contributed by atoms with Crippen LogP contribution in [0.3, 0.4) is 0 Å². The van der Waals surface area contributed by atoms with Gasteiger partial charge in [0.15, 0.2) is 4.90 Å². The third-order valence-electron chi connectivity index (χ3n) is 2.69. The van der Waals surface area contributed by atoms with E-state index in [0.717, 1.165) is 6.07 Å². The van der Waals surface area contributed by atoms with Crippen LogP contribution in [0.4, 0.5) is 5.69 Å². The lowest BCUT2D eigenvalue weighted by molar-refractivity contribution is -0.387. The number of aryl methyl sites for hydroxylation is 1. The molecule has 0 bridgehead atoms. The van der Waals surface area contributed by atoms with Gasteiger partial charge >= 0.3 is 0 Å². The van der Waals surface area contributed by atoms with Crippen LogP contribution in [-0.4, -0.2) is 25.0 Å². The van der Waals surface area contributed by atoms with Gasteiger partial charge in [-0.15, -0.1) is 0 Å². The first kappa shape index (κ1) is 15.1. The van der Waals surface area contributed by atoms with Gasteiger partial charge in [-0.25, -0.2) is 13.1 Å². The molecule has 112 valence electrons. The number of nitro benzene ring substituents is 1. The maximum Gasteiger partial charge on any atom is 0.289 e. The van der Waals surface area contributed by atoms with Gasteiger partial charge in [0.1, 0.15) is 5.76 Å². The van der Waals surface area contributed by atoms with Gasteiger partial charge in [0.05, 0.1) is 10.6 Å². The molecule has 21 heavy (non-hydrogen) atoms. The molecule has 1 N–H and O–H groups in total. The zero-order chi connectivity index (χ0) is 15.5. The third-order valence-corrected chi connectivity index (χ3v) is 4.20. The van der Waals surface area contributed by atoms with Crippen LogP contribution in [0.1, 0.15) is 11.5 Å². The van der Waals surface area contributed by atoms with E-state index in [-0.39, 0.29) is 11.4 Å². The lowest BCUT2D eigenvalue weighted by Gasteiger charge is -2.06. The van der Waals surface area contributed by atoms with Crippen LogP contribution in [0.5, 0.6) is 0 Å². The van der Waals surface area contributed by atoms with Crippen molar-refractivity contribution >= 4 is 15.7 Å². The summed E-state index contributed by atoms with van der Waals surface area (Å²) in [6.45, 7) is 1.81. The SMILES string of the molecule is Cc1cc(CCNS(=O)(=O)c2ccccc2[N+](=O)[O-])on1. The summed E-state index contributed by atoms with van der Waals surface area (Å²) in [6.07, 6.45) is 0.306. The number of hydrogen-bond acceptors (Lipinski definition) is 6. The molecule has 8 nitrogen and oxygen atoms in total. The quantitative estimate of drug-likeness (QED) is 0.637. The van der Waals surface area contributed by atoms with Crippen molar-refractivity contribution in [2.75, 3.05) is 6.54 Å². The molecule has 1 aromatic heterocycles. The van der Waals surface area contributed by atoms with Crippen LogP contribution < -0.4 is 4.72 Å². The summed E-state index contributed by atoms with van der Waals surface area (Å²) in [5, 5.41) is 14.5. The number of nitrogens with zero attached hydrogens (tertiary/aromatic N) is 2. The van der Waals surface area contributed by atoms with E-state index >= 15 is 0 Å². The van der Waals surface area contributed by atoms with Crippen molar-refractivity contribution in [3.8, 4) is 0 Å². The number of nitrogens with one attached hydrogen (secondary N) is 1. The Labute approximate surface area is 121 Å². The highest BCUT2D eigenvalue weighted by molar-refractivity contribution is 7.89. The van der Waals surface area contributed by atoms with Crippen molar-refractivity contribution in [2.45, 2.75) is 18.2 Å². The van der Waals surface area contributed by atoms with E-state index in [1.54, 1.807) is 13.0 Å². The van der Waals surface area contributed by atoms with Crippen molar-refractivity contribution < 1.29 is 17.9 Å². The number of sulfonamides is 1. The Morgan fingerprint density at radius 2 is 2.10 bits per heavy atom. The molecular weight excluding hydrogens is 298 g/mol. The topological polar surface area (TPSA) is 115 Å². The highest BCUT2D eigenvalue weighted by Gasteiger charge is 2.24. The Kier molecular flexibility index (Phi) is 4.34. The van der Waals surface area contributed by atoms with Crippen molar-refractivity contribution in [2.24, 2.45) is 0 Å². The Morgan fingerprint density at radius 3 is 2.71 bits per heavy atom. The minimum absolute atomic E-state index is 0.0585. The normalized spacial score (nSPS) is 11.5. The molecule has 2 aromatic rings. The molecule has 2 rings (SSSR count). The number of hydrogen-bond donors (Lipinski definition) is 1. The monoisotopic (exact) mass is 311 g/mol. The van der Waals surface area contributed by atoms with Gasteiger partial charge < -0.3 is 4.52 Å². The summed E-state index contributed by atoms with van der Waals surface area (Å²) in [4.78, 5) is 9.77. The average Bonchev–Trinajstić information content (AvgIpc) is 2.84. The lowest BCUT2D eigenvalue weighted by Crippen LogP contribution is -2.26. The van der Waals surface area contributed by atoms with Gasteiger partial charge in [-0.05, 0) is 13.0 Å². The maximum absolute atomic E-state index is 12.1. The van der Waals surface area contributed by atoms with Gasteiger partial charge in [0.2, 0.25) is 10.0 Å². The van der Waals surface area contributed by atoms with Crippen molar-refractivity contribution in [3.63, 3.8) is 0 Å². The summed E-state index contributed by atoms with van der Waals surface area (Å²) in [5.74, 6) is 0.540. The molecule has 0 radical (unpaired) electrons. The van der Waals surface area contributed by atoms with Crippen LogP contribution in [-0.2, 0) is 16.4 Å². The third kappa shape index (κ3) is 3.64. The number of rotatable bonds is 6. The molecule has 0 saturated carbocycles. The second-order valence-corrected chi connectivity index (χ2v) is 6.04. The van der Waals surface area contributed by atoms with Gasteiger partial charge in [-0.3, -0.25) is 10.1 Å². The van der Waals surface area contributed by atoms with Crippen LogP contribution >= 0.6 is 0 Å². The van der Waals surface area contributed by atoms with E-state index in [9.17, 15) is 18.5 Å². The Balaban J connectivity index is 2.10. The second-order valence-electron chi connectivity index (χ2n) is 4.31. The van der Waals surface area contributed by atoms with E-state index in [4.69, 9.17) is 4.52 Å². The summed E-state index contributed by atoms with van der Waals surface area (Å²) < 4.78 is 31.4. The number of aromatic nitrogens is 1. The van der Waals surface area contributed by atoms with E-state index in [2.05, 4.69) is 9.88 Å². The predicted molar refractivity (Wildman–Crippen MR) is 73.2 cm³/mol. The van der Waals surface area contributed by atoms with Crippen molar-refractivity contribution in [3.05, 3.63) is 51.9 Å². The smallest absolute Gasteiger partial charge is 0.289 e. The molecule has 0 aliphatic rings. The minimum Gasteiger partial charge on any atom is -0.361 e. The molecule has 0 saturated heterocycles.